The topological polar surface area (TPSA) is 66.5 Å². The normalized spacial score (nSPS) is 11.9. The molecule has 0 fully saturated rings. The Morgan fingerprint density at radius 2 is 1.59 bits per heavy atom. The summed E-state index contributed by atoms with van der Waals surface area (Å²) in [6.45, 7) is 8.16. The summed E-state index contributed by atoms with van der Waals surface area (Å²) in [6.07, 6.45) is 4.39. The van der Waals surface area contributed by atoms with E-state index in [0.717, 1.165) is 35.4 Å². The predicted octanol–water partition coefficient (Wildman–Crippen LogP) is 4.73. The SMILES string of the molecule is CCCCc1ccc(NC(=O)CN(c2ccc(C(C)(C)C)cc2)S(C)(=O)=O)cc1. The number of nitrogens with zero attached hydrogens (tertiary/aromatic N) is 1. The van der Waals surface area contributed by atoms with Crippen LogP contribution in [0.2, 0.25) is 0 Å². The molecule has 1 N–H and O–H groups in total. The maximum Gasteiger partial charge on any atom is 0.245 e. The van der Waals surface area contributed by atoms with Gasteiger partial charge in [0.05, 0.1) is 11.9 Å². The van der Waals surface area contributed by atoms with Crippen molar-refractivity contribution >= 4 is 27.3 Å². The highest BCUT2D eigenvalue weighted by atomic mass is 32.2. The number of carbonyl (C=O) groups excluding carboxylic acids is 1. The Morgan fingerprint density at radius 3 is 2.07 bits per heavy atom. The van der Waals surface area contributed by atoms with Crippen molar-refractivity contribution in [2.24, 2.45) is 0 Å². The van der Waals surface area contributed by atoms with Crippen LogP contribution in [0.1, 0.15) is 51.7 Å². The second-order valence-corrected chi connectivity index (χ2v) is 10.3. The van der Waals surface area contributed by atoms with Gasteiger partial charge in [0.2, 0.25) is 15.9 Å². The molecular weight excluding hydrogens is 384 g/mol. The molecule has 29 heavy (non-hydrogen) atoms. The third-order valence-corrected chi connectivity index (χ3v) is 5.91. The number of unbranched alkanes of at least 4 members (excludes halogenated alkanes) is 1. The smallest absolute Gasteiger partial charge is 0.245 e. The fraction of sp³-hybridized carbons (Fsp3) is 0.435. The molecule has 158 valence electrons. The highest BCUT2D eigenvalue weighted by Crippen LogP contribution is 2.26. The molecule has 0 saturated carbocycles. The number of rotatable bonds is 8. The van der Waals surface area contributed by atoms with Crippen LogP contribution < -0.4 is 9.62 Å². The van der Waals surface area contributed by atoms with Gasteiger partial charge in [-0.3, -0.25) is 9.10 Å². The van der Waals surface area contributed by atoms with Gasteiger partial charge in [0.25, 0.3) is 0 Å². The Hall–Kier alpha value is -2.34. The first-order chi connectivity index (χ1) is 13.5. The molecular formula is C23H32N2O3S. The van der Waals surface area contributed by atoms with E-state index in [1.807, 2.05) is 36.4 Å². The Balaban J connectivity index is 2.11. The summed E-state index contributed by atoms with van der Waals surface area (Å²) in [4.78, 5) is 12.5. The zero-order chi connectivity index (χ0) is 21.7. The van der Waals surface area contributed by atoms with Gasteiger partial charge in [0, 0.05) is 5.69 Å². The molecule has 0 unspecified atom stereocenters. The lowest BCUT2D eigenvalue weighted by atomic mass is 9.87. The number of benzene rings is 2. The quantitative estimate of drug-likeness (QED) is 0.676. The lowest BCUT2D eigenvalue weighted by Gasteiger charge is -2.24. The first-order valence-electron chi connectivity index (χ1n) is 9.98. The van der Waals surface area contributed by atoms with Gasteiger partial charge in [0.1, 0.15) is 6.54 Å². The predicted molar refractivity (Wildman–Crippen MR) is 121 cm³/mol. The van der Waals surface area contributed by atoms with E-state index < -0.39 is 10.0 Å². The maximum absolute atomic E-state index is 12.5. The summed E-state index contributed by atoms with van der Waals surface area (Å²) < 4.78 is 25.7. The molecule has 0 radical (unpaired) electrons. The summed E-state index contributed by atoms with van der Waals surface area (Å²) in [7, 11) is -3.60. The number of amides is 1. The minimum Gasteiger partial charge on any atom is -0.325 e. The van der Waals surface area contributed by atoms with Crippen LogP contribution in [-0.4, -0.2) is 27.1 Å². The molecule has 2 aromatic rings. The average molecular weight is 417 g/mol. The van der Waals surface area contributed by atoms with Crippen molar-refractivity contribution in [3.05, 3.63) is 59.7 Å². The van der Waals surface area contributed by atoms with E-state index in [2.05, 4.69) is 33.0 Å². The van der Waals surface area contributed by atoms with E-state index in [-0.39, 0.29) is 17.9 Å². The fourth-order valence-electron chi connectivity index (χ4n) is 2.99. The van der Waals surface area contributed by atoms with Crippen LogP contribution in [0.25, 0.3) is 0 Å². The van der Waals surface area contributed by atoms with Gasteiger partial charge < -0.3 is 5.32 Å². The minimum atomic E-state index is -3.60. The lowest BCUT2D eigenvalue weighted by molar-refractivity contribution is -0.114. The van der Waals surface area contributed by atoms with E-state index in [4.69, 9.17) is 0 Å². The van der Waals surface area contributed by atoms with Crippen molar-refractivity contribution < 1.29 is 13.2 Å². The van der Waals surface area contributed by atoms with E-state index in [1.165, 1.54) is 5.56 Å². The van der Waals surface area contributed by atoms with E-state index in [9.17, 15) is 13.2 Å². The Labute approximate surface area is 175 Å². The molecule has 0 heterocycles. The molecule has 0 aliphatic rings. The van der Waals surface area contributed by atoms with Crippen LogP contribution >= 0.6 is 0 Å². The molecule has 0 spiro atoms. The van der Waals surface area contributed by atoms with Gasteiger partial charge in [0.15, 0.2) is 0 Å². The van der Waals surface area contributed by atoms with Gasteiger partial charge in [-0.25, -0.2) is 8.42 Å². The molecule has 0 saturated heterocycles. The monoisotopic (exact) mass is 416 g/mol. The van der Waals surface area contributed by atoms with Crippen molar-refractivity contribution in [1.82, 2.24) is 0 Å². The number of carbonyl (C=O) groups is 1. The summed E-state index contributed by atoms with van der Waals surface area (Å²) in [6, 6.07) is 15.0. The number of nitrogens with one attached hydrogen (secondary N) is 1. The minimum absolute atomic E-state index is 0.0326. The largest absolute Gasteiger partial charge is 0.325 e. The van der Waals surface area contributed by atoms with Crippen molar-refractivity contribution in [2.75, 3.05) is 22.4 Å². The fourth-order valence-corrected chi connectivity index (χ4v) is 3.85. The number of aryl methyl sites for hydroxylation is 1. The van der Waals surface area contributed by atoms with Crippen molar-refractivity contribution in [3.63, 3.8) is 0 Å². The van der Waals surface area contributed by atoms with Gasteiger partial charge in [-0.05, 0) is 53.6 Å². The van der Waals surface area contributed by atoms with E-state index in [0.29, 0.717) is 11.4 Å². The zero-order valence-electron chi connectivity index (χ0n) is 18.0. The van der Waals surface area contributed by atoms with E-state index in [1.54, 1.807) is 12.1 Å². The molecule has 2 aromatic carbocycles. The maximum atomic E-state index is 12.5. The van der Waals surface area contributed by atoms with Crippen LogP contribution in [-0.2, 0) is 26.7 Å². The standard InChI is InChI=1S/C23H32N2O3S/c1-6-7-8-18-9-13-20(14-10-18)24-22(26)17-25(29(5,27)28)21-15-11-19(12-16-21)23(2,3)4/h9-16H,6-8,17H2,1-5H3,(H,24,26). The number of sulfonamides is 1. The summed E-state index contributed by atoms with van der Waals surface area (Å²) >= 11 is 0. The van der Waals surface area contributed by atoms with Crippen molar-refractivity contribution in [3.8, 4) is 0 Å². The zero-order valence-corrected chi connectivity index (χ0v) is 18.8. The molecule has 1 amide bonds. The van der Waals surface area contributed by atoms with Crippen LogP contribution in [0.4, 0.5) is 11.4 Å². The summed E-state index contributed by atoms with van der Waals surface area (Å²) in [5.74, 6) is -0.378. The third-order valence-electron chi connectivity index (χ3n) is 4.77. The number of hydrogen-bond donors (Lipinski definition) is 1. The third kappa shape index (κ3) is 6.89. The Kier molecular flexibility index (Phi) is 7.47. The molecule has 0 aliphatic heterocycles. The molecule has 0 atom stereocenters. The van der Waals surface area contributed by atoms with Gasteiger partial charge >= 0.3 is 0 Å². The molecule has 0 aromatic heterocycles. The lowest BCUT2D eigenvalue weighted by Crippen LogP contribution is -2.37. The molecule has 0 bridgehead atoms. The van der Waals surface area contributed by atoms with Crippen LogP contribution in [0, 0.1) is 0 Å². The van der Waals surface area contributed by atoms with Crippen LogP contribution in [0.5, 0.6) is 0 Å². The molecule has 5 nitrogen and oxygen atoms in total. The van der Waals surface area contributed by atoms with Crippen LogP contribution in [0.3, 0.4) is 0 Å². The molecule has 6 heteroatoms. The van der Waals surface area contributed by atoms with Crippen molar-refractivity contribution in [2.45, 2.75) is 52.4 Å². The Morgan fingerprint density at radius 1 is 1.00 bits per heavy atom. The number of anilines is 2. The van der Waals surface area contributed by atoms with E-state index >= 15 is 0 Å². The van der Waals surface area contributed by atoms with Crippen molar-refractivity contribution in [1.29, 1.82) is 0 Å². The molecule has 2 rings (SSSR count). The average Bonchev–Trinajstić information content (AvgIpc) is 2.64. The van der Waals surface area contributed by atoms with Crippen LogP contribution in [0.15, 0.2) is 48.5 Å². The van der Waals surface area contributed by atoms with Gasteiger partial charge in [-0.1, -0.05) is 58.4 Å². The van der Waals surface area contributed by atoms with Gasteiger partial charge in [-0.15, -0.1) is 0 Å². The molecule has 0 aliphatic carbocycles. The summed E-state index contributed by atoms with van der Waals surface area (Å²) in [5.41, 5.74) is 3.43. The second-order valence-electron chi connectivity index (χ2n) is 8.42. The first kappa shape index (κ1) is 22.9. The number of hydrogen-bond acceptors (Lipinski definition) is 3. The Bertz CT molecular complexity index is 912. The highest BCUT2D eigenvalue weighted by molar-refractivity contribution is 7.92. The first-order valence-corrected chi connectivity index (χ1v) is 11.8. The van der Waals surface area contributed by atoms with Gasteiger partial charge in [-0.2, -0.15) is 0 Å². The summed E-state index contributed by atoms with van der Waals surface area (Å²) in [5, 5.41) is 2.79. The highest BCUT2D eigenvalue weighted by Gasteiger charge is 2.22. The second kappa shape index (κ2) is 9.44.